The first-order chi connectivity index (χ1) is 7.52. The van der Waals surface area contributed by atoms with Crippen LogP contribution in [0.25, 0.3) is 0 Å². The molecule has 0 aromatic rings. The average molecular weight is 260 g/mol. The van der Waals surface area contributed by atoms with Crippen LogP contribution in [0.5, 0.6) is 0 Å². The molecule has 1 atom stereocenters. The van der Waals surface area contributed by atoms with Crippen molar-refractivity contribution in [2.24, 2.45) is 10.8 Å². The first-order valence-electron chi connectivity index (χ1n) is 5.90. The molecule has 0 bridgehead atoms. The van der Waals surface area contributed by atoms with Crippen molar-refractivity contribution in [2.45, 2.75) is 53.2 Å². The number of thiol groups is 1. The molecule has 0 aromatic carbocycles. The Kier molecular flexibility index (Phi) is 5.72. The second-order valence-electron chi connectivity index (χ2n) is 6.05. The van der Waals surface area contributed by atoms with Crippen LogP contribution >= 0.6 is 12.6 Å². The van der Waals surface area contributed by atoms with Crippen molar-refractivity contribution < 1.29 is 14.3 Å². The summed E-state index contributed by atoms with van der Waals surface area (Å²) < 4.78 is 4.97. The molecular weight excluding hydrogens is 236 g/mol. The highest BCUT2D eigenvalue weighted by Crippen LogP contribution is 2.31. The first kappa shape index (κ1) is 16.5. The Morgan fingerprint density at radius 1 is 1.18 bits per heavy atom. The summed E-state index contributed by atoms with van der Waals surface area (Å²) in [7, 11) is 0. The van der Waals surface area contributed by atoms with Gasteiger partial charge in [0.25, 0.3) is 0 Å². The highest BCUT2D eigenvalue weighted by molar-refractivity contribution is 7.81. The van der Waals surface area contributed by atoms with Crippen molar-refractivity contribution in [3.05, 3.63) is 0 Å². The van der Waals surface area contributed by atoms with Gasteiger partial charge in [0, 0.05) is 6.42 Å². The number of esters is 1. The van der Waals surface area contributed by atoms with Gasteiger partial charge in [-0.05, 0) is 26.2 Å². The van der Waals surface area contributed by atoms with Gasteiger partial charge in [-0.15, -0.1) is 0 Å². The number of hydrogen-bond donors (Lipinski definition) is 1. The van der Waals surface area contributed by atoms with Gasteiger partial charge in [-0.1, -0.05) is 20.8 Å². The van der Waals surface area contributed by atoms with E-state index in [-0.39, 0.29) is 17.2 Å². The van der Waals surface area contributed by atoms with Gasteiger partial charge in [0.1, 0.15) is 5.78 Å². The predicted octanol–water partition coefficient (Wildman–Crippen LogP) is 2.88. The number of ketones is 1. The molecule has 0 aliphatic rings. The summed E-state index contributed by atoms with van der Waals surface area (Å²) in [6.07, 6.45) is 0.407. The molecule has 0 radical (unpaired) electrons. The van der Waals surface area contributed by atoms with E-state index < -0.39 is 10.7 Å². The van der Waals surface area contributed by atoms with Crippen LogP contribution in [-0.4, -0.2) is 23.6 Å². The van der Waals surface area contributed by atoms with Crippen LogP contribution in [0, 0.1) is 10.8 Å². The second-order valence-corrected chi connectivity index (χ2v) is 6.56. The van der Waals surface area contributed by atoms with E-state index >= 15 is 0 Å². The van der Waals surface area contributed by atoms with Crippen LogP contribution in [0.4, 0.5) is 0 Å². The fourth-order valence-corrected chi connectivity index (χ4v) is 1.65. The van der Waals surface area contributed by atoms with Gasteiger partial charge in [-0.2, -0.15) is 12.6 Å². The predicted molar refractivity (Wildman–Crippen MR) is 72.3 cm³/mol. The number of carbonyl (C=O) groups excluding carboxylic acids is 2. The van der Waals surface area contributed by atoms with Crippen molar-refractivity contribution in [1.82, 2.24) is 0 Å². The fourth-order valence-electron chi connectivity index (χ4n) is 1.45. The second kappa shape index (κ2) is 5.89. The van der Waals surface area contributed by atoms with E-state index in [1.54, 1.807) is 20.8 Å². The molecule has 0 amide bonds. The van der Waals surface area contributed by atoms with Crippen molar-refractivity contribution in [3.8, 4) is 0 Å². The molecule has 17 heavy (non-hydrogen) atoms. The maximum Gasteiger partial charge on any atom is 0.313 e. The van der Waals surface area contributed by atoms with Crippen LogP contribution in [-0.2, 0) is 14.3 Å². The van der Waals surface area contributed by atoms with Gasteiger partial charge in [0.05, 0.1) is 17.3 Å². The monoisotopic (exact) mass is 260 g/mol. The molecular formula is C13H24O3S. The molecule has 0 N–H and O–H groups in total. The summed E-state index contributed by atoms with van der Waals surface area (Å²) in [4.78, 5) is 23.8. The Bertz CT molecular complexity index is 290. The topological polar surface area (TPSA) is 43.4 Å². The lowest BCUT2D eigenvalue weighted by molar-refractivity contribution is -0.155. The molecule has 1 unspecified atom stereocenters. The molecule has 0 rings (SSSR count). The number of rotatable bonds is 5. The molecule has 0 saturated heterocycles. The number of ether oxygens (including phenoxy) is 1. The summed E-state index contributed by atoms with van der Waals surface area (Å²) in [5.41, 5.74) is -0.982. The SMILES string of the molecule is CCOC(=O)C(C)(C)C(S)C(=O)CC(C)(C)C. The quantitative estimate of drug-likeness (QED) is 0.610. The fraction of sp³-hybridized carbons (Fsp3) is 0.846. The van der Waals surface area contributed by atoms with E-state index in [1.807, 2.05) is 20.8 Å². The van der Waals surface area contributed by atoms with Gasteiger partial charge in [-0.3, -0.25) is 9.59 Å². The summed E-state index contributed by atoms with van der Waals surface area (Å²) in [5, 5.41) is -0.624. The zero-order chi connectivity index (χ0) is 13.9. The molecule has 0 spiro atoms. The zero-order valence-electron chi connectivity index (χ0n) is 11.7. The highest BCUT2D eigenvalue weighted by Gasteiger charge is 2.40. The Morgan fingerprint density at radius 3 is 2.00 bits per heavy atom. The number of Topliss-reactive ketones (excluding diaryl/α,β-unsaturated/α-hetero) is 1. The molecule has 0 aromatic heterocycles. The maximum absolute atomic E-state index is 12.0. The third kappa shape index (κ3) is 5.11. The standard InChI is InChI=1S/C13H24O3S/c1-7-16-11(15)13(5,6)10(17)9(14)8-12(2,3)4/h10,17H,7-8H2,1-6H3. The average Bonchev–Trinajstić information content (AvgIpc) is 2.14. The summed E-state index contributed by atoms with van der Waals surface area (Å²) >= 11 is 4.30. The van der Waals surface area contributed by atoms with E-state index in [0.29, 0.717) is 13.0 Å². The Morgan fingerprint density at radius 2 is 1.65 bits per heavy atom. The van der Waals surface area contributed by atoms with E-state index in [2.05, 4.69) is 12.6 Å². The molecule has 0 heterocycles. The van der Waals surface area contributed by atoms with E-state index in [4.69, 9.17) is 4.74 Å². The summed E-state index contributed by atoms with van der Waals surface area (Å²) in [5.74, 6) is -0.388. The van der Waals surface area contributed by atoms with Crippen molar-refractivity contribution in [1.29, 1.82) is 0 Å². The van der Waals surface area contributed by atoms with E-state index in [0.717, 1.165) is 0 Å². The normalized spacial score (nSPS) is 14.3. The Balaban J connectivity index is 4.73. The number of carbonyl (C=O) groups is 2. The van der Waals surface area contributed by atoms with Crippen molar-refractivity contribution >= 4 is 24.4 Å². The highest BCUT2D eigenvalue weighted by atomic mass is 32.1. The van der Waals surface area contributed by atoms with E-state index in [9.17, 15) is 9.59 Å². The Labute approximate surface area is 110 Å². The lowest BCUT2D eigenvalue weighted by Gasteiger charge is -2.29. The third-order valence-electron chi connectivity index (χ3n) is 2.49. The molecule has 0 aliphatic heterocycles. The molecule has 4 heteroatoms. The van der Waals surface area contributed by atoms with Crippen LogP contribution in [0.3, 0.4) is 0 Å². The third-order valence-corrected chi connectivity index (χ3v) is 3.43. The molecule has 0 fully saturated rings. The van der Waals surface area contributed by atoms with E-state index in [1.165, 1.54) is 0 Å². The summed E-state index contributed by atoms with van der Waals surface area (Å²) in [6, 6.07) is 0. The molecule has 0 saturated carbocycles. The van der Waals surface area contributed by atoms with Gasteiger partial charge < -0.3 is 4.74 Å². The van der Waals surface area contributed by atoms with Crippen LogP contribution in [0.2, 0.25) is 0 Å². The number of hydrogen-bond acceptors (Lipinski definition) is 4. The molecule has 3 nitrogen and oxygen atoms in total. The van der Waals surface area contributed by atoms with Crippen LogP contribution < -0.4 is 0 Å². The lowest BCUT2D eigenvalue weighted by Crippen LogP contribution is -2.41. The van der Waals surface area contributed by atoms with Crippen LogP contribution in [0.1, 0.15) is 48.0 Å². The minimum Gasteiger partial charge on any atom is -0.466 e. The van der Waals surface area contributed by atoms with Crippen molar-refractivity contribution in [3.63, 3.8) is 0 Å². The molecule has 100 valence electrons. The summed E-state index contributed by atoms with van der Waals surface area (Å²) in [6.45, 7) is 11.4. The lowest BCUT2D eigenvalue weighted by atomic mass is 9.81. The van der Waals surface area contributed by atoms with Crippen LogP contribution in [0.15, 0.2) is 0 Å². The largest absolute Gasteiger partial charge is 0.466 e. The van der Waals surface area contributed by atoms with Crippen molar-refractivity contribution in [2.75, 3.05) is 6.61 Å². The maximum atomic E-state index is 12.0. The molecule has 0 aliphatic carbocycles. The van der Waals surface area contributed by atoms with Gasteiger partial charge in [0.15, 0.2) is 0 Å². The van der Waals surface area contributed by atoms with Gasteiger partial charge in [-0.25, -0.2) is 0 Å². The van der Waals surface area contributed by atoms with Gasteiger partial charge >= 0.3 is 5.97 Å². The minimum absolute atomic E-state index is 0.0149. The Hall–Kier alpha value is -0.510. The first-order valence-corrected chi connectivity index (χ1v) is 6.42. The van der Waals surface area contributed by atoms with Gasteiger partial charge in [0.2, 0.25) is 0 Å². The minimum atomic E-state index is -0.887. The zero-order valence-corrected chi connectivity index (χ0v) is 12.6. The smallest absolute Gasteiger partial charge is 0.313 e.